The molecule has 98 valence electrons. The highest BCUT2D eigenvalue weighted by Gasteiger charge is 2.18. The average Bonchev–Trinajstić information content (AvgIpc) is 2.39. The Morgan fingerprint density at radius 3 is 2.56 bits per heavy atom. The first kappa shape index (κ1) is 12.8. The number of hydrogen-bond acceptors (Lipinski definition) is 4. The molecular weight excluding hydrogens is 230 g/mol. The lowest BCUT2D eigenvalue weighted by Gasteiger charge is -2.30. The number of hydrogen-bond donors (Lipinski definition) is 1. The fourth-order valence-electron chi connectivity index (χ4n) is 2.05. The van der Waals surface area contributed by atoms with Gasteiger partial charge in [0.15, 0.2) is 0 Å². The van der Waals surface area contributed by atoms with Crippen LogP contribution in [0.3, 0.4) is 0 Å². The number of amides is 1. The molecule has 1 N–H and O–H groups in total. The maximum absolute atomic E-state index is 11.7. The summed E-state index contributed by atoms with van der Waals surface area (Å²) in [6.07, 6.45) is 2.99. The summed E-state index contributed by atoms with van der Waals surface area (Å²) >= 11 is 0. The molecule has 0 spiro atoms. The number of pyridine rings is 1. The molecule has 1 amide bonds. The van der Waals surface area contributed by atoms with Crippen molar-refractivity contribution in [1.82, 2.24) is 9.88 Å². The minimum absolute atomic E-state index is 0.0388. The Bertz CT molecular complexity index is 409. The Morgan fingerprint density at radius 2 is 2.06 bits per heavy atom. The first-order valence-electron chi connectivity index (χ1n) is 6.18. The molecule has 1 aliphatic rings. The number of rotatable bonds is 2. The van der Waals surface area contributed by atoms with Gasteiger partial charge in [-0.15, -0.1) is 0 Å². The predicted molar refractivity (Wildman–Crippen MR) is 69.7 cm³/mol. The van der Waals surface area contributed by atoms with Crippen molar-refractivity contribution in [3.05, 3.63) is 23.9 Å². The van der Waals surface area contributed by atoms with Gasteiger partial charge in [0.05, 0.1) is 11.7 Å². The van der Waals surface area contributed by atoms with Gasteiger partial charge in [0.25, 0.3) is 5.91 Å². The van der Waals surface area contributed by atoms with Crippen molar-refractivity contribution < 1.29 is 9.90 Å². The summed E-state index contributed by atoms with van der Waals surface area (Å²) in [5.74, 6) is 0.834. The quantitative estimate of drug-likeness (QED) is 0.840. The van der Waals surface area contributed by atoms with Gasteiger partial charge in [0.2, 0.25) is 0 Å². The van der Waals surface area contributed by atoms with Crippen molar-refractivity contribution >= 4 is 11.7 Å². The van der Waals surface area contributed by atoms with E-state index in [1.54, 1.807) is 26.4 Å². The third-order valence-electron chi connectivity index (χ3n) is 3.19. The number of piperidine rings is 1. The fourth-order valence-corrected chi connectivity index (χ4v) is 2.05. The standard InChI is InChI=1S/C13H19N3O2/c1-15(2)13(18)10-3-4-12(14-9-10)16-7-5-11(17)6-8-16/h3-4,9,11,17H,5-8H2,1-2H3. The Hall–Kier alpha value is -1.62. The molecule has 0 saturated carbocycles. The van der Waals surface area contributed by atoms with E-state index < -0.39 is 0 Å². The molecule has 2 heterocycles. The Kier molecular flexibility index (Phi) is 3.81. The van der Waals surface area contributed by atoms with Crippen molar-refractivity contribution in [2.24, 2.45) is 0 Å². The first-order chi connectivity index (χ1) is 8.58. The van der Waals surface area contributed by atoms with Crippen LogP contribution in [0.4, 0.5) is 5.82 Å². The summed E-state index contributed by atoms with van der Waals surface area (Å²) in [7, 11) is 3.45. The van der Waals surface area contributed by atoms with Crippen molar-refractivity contribution in [3.63, 3.8) is 0 Å². The minimum atomic E-state index is -0.184. The first-order valence-corrected chi connectivity index (χ1v) is 6.18. The fraction of sp³-hybridized carbons (Fsp3) is 0.538. The largest absolute Gasteiger partial charge is 0.393 e. The van der Waals surface area contributed by atoms with E-state index in [0.29, 0.717) is 5.56 Å². The van der Waals surface area contributed by atoms with Crippen molar-refractivity contribution in [2.45, 2.75) is 18.9 Å². The predicted octanol–water partition coefficient (Wildman–Crippen LogP) is 0.744. The molecule has 0 aromatic carbocycles. The molecule has 0 aliphatic carbocycles. The summed E-state index contributed by atoms with van der Waals surface area (Å²) in [4.78, 5) is 19.7. The zero-order valence-corrected chi connectivity index (χ0v) is 10.8. The second-order valence-electron chi connectivity index (χ2n) is 4.82. The van der Waals surface area contributed by atoms with Gasteiger partial charge < -0.3 is 14.9 Å². The van der Waals surface area contributed by atoms with Crippen LogP contribution < -0.4 is 4.90 Å². The second-order valence-corrected chi connectivity index (χ2v) is 4.82. The highest BCUT2D eigenvalue weighted by atomic mass is 16.3. The molecule has 1 aromatic heterocycles. The maximum atomic E-state index is 11.7. The molecule has 0 radical (unpaired) electrons. The molecule has 1 saturated heterocycles. The number of aliphatic hydroxyl groups is 1. The normalized spacial score (nSPS) is 16.7. The van der Waals surface area contributed by atoms with Crippen molar-refractivity contribution in [2.75, 3.05) is 32.1 Å². The van der Waals surface area contributed by atoms with Crippen LogP contribution in [0.25, 0.3) is 0 Å². The zero-order chi connectivity index (χ0) is 13.1. The van der Waals surface area contributed by atoms with Crippen LogP contribution in [0.1, 0.15) is 23.2 Å². The lowest BCUT2D eigenvalue weighted by atomic mass is 10.1. The zero-order valence-electron chi connectivity index (χ0n) is 10.8. The molecule has 5 heteroatoms. The molecule has 5 nitrogen and oxygen atoms in total. The smallest absolute Gasteiger partial charge is 0.254 e. The number of anilines is 1. The van der Waals surface area contributed by atoms with Gasteiger partial charge in [-0.1, -0.05) is 0 Å². The third-order valence-corrected chi connectivity index (χ3v) is 3.19. The van der Waals surface area contributed by atoms with Gasteiger partial charge in [-0.3, -0.25) is 4.79 Å². The van der Waals surface area contributed by atoms with E-state index in [-0.39, 0.29) is 12.0 Å². The summed E-state index contributed by atoms with van der Waals surface area (Å²) < 4.78 is 0. The summed E-state index contributed by atoms with van der Waals surface area (Å²) in [6, 6.07) is 3.67. The van der Waals surface area contributed by atoms with Gasteiger partial charge in [-0.25, -0.2) is 4.98 Å². The SMILES string of the molecule is CN(C)C(=O)c1ccc(N2CCC(O)CC2)nc1. The molecule has 0 atom stereocenters. The average molecular weight is 249 g/mol. The number of carbonyl (C=O) groups is 1. The Morgan fingerprint density at radius 1 is 1.39 bits per heavy atom. The number of carbonyl (C=O) groups excluding carboxylic acids is 1. The van der Waals surface area contributed by atoms with Gasteiger partial charge >= 0.3 is 0 Å². The molecule has 1 aromatic rings. The lowest BCUT2D eigenvalue weighted by molar-refractivity contribution is 0.0827. The maximum Gasteiger partial charge on any atom is 0.254 e. The topological polar surface area (TPSA) is 56.7 Å². The van der Waals surface area contributed by atoms with E-state index in [2.05, 4.69) is 9.88 Å². The second kappa shape index (κ2) is 5.35. The van der Waals surface area contributed by atoms with E-state index >= 15 is 0 Å². The van der Waals surface area contributed by atoms with E-state index in [9.17, 15) is 9.90 Å². The van der Waals surface area contributed by atoms with E-state index in [1.165, 1.54) is 4.90 Å². The Labute approximate surface area is 107 Å². The van der Waals surface area contributed by atoms with Gasteiger partial charge in [-0.2, -0.15) is 0 Å². The molecule has 1 aliphatic heterocycles. The number of nitrogens with zero attached hydrogens (tertiary/aromatic N) is 3. The van der Waals surface area contributed by atoms with E-state index in [1.807, 2.05) is 6.07 Å². The van der Waals surface area contributed by atoms with Crippen LogP contribution in [0.15, 0.2) is 18.3 Å². The van der Waals surface area contributed by atoms with Crippen LogP contribution >= 0.6 is 0 Å². The van der Waals surface area contributed by atoms with E-state index in [4.69, 9.17) is 0 Å². The van der Waals surface area contributed by atoms with Crippen molar-refractivity contribution in [3.8, 4) is 0 Å². The van der Waals surface area contributed by atoms with Crippen LogP contribution in [0, 0.1) is 0 Å². The summed E-state index contributed by atoms with van der Waals surface area (Å²) in [5, 5.41) is 9.45. The number of aliphatic hydroxyl groups excluding tert-OH is 1. The van der Waals surface area contributed by atoms with Crippen molar-refractivity contribution in [1.29, 1.82) is 0 Å². The highest BCUT2D eigenvalue weighted by Crippen LogP contribution is 2.18. The highest BCUT2D eigenvalue weighted by molar-refractivity contribution is 5.93. The van der Waals surface area contributed by atoms with Crippen LogP contribution in [0.5, 0.6) is 0 Å². The minimum Gasteiger partial charge on any atom is -0.393 e. The summed E-state index contributed by atoms with van der Waals surface area (Å²) in [6.45, 7) is 1.63. The molecule has 0 bridgehead atoms. The lowest BCUT2D eigenvalue weighted by Crippen LogP contribution is -2.36. The molecule has 0 unspecified atom stereocenters. The van der Waals surface area contributed by atoms with Crippen LogP contribution in [-0.2, 0) is 0 Å². The molecule has 18 heavy (non-hydrogen) atoms. The van der Waals surface area contributed by atoms with Gasteiger partial charge in [-0.05, 0) is 25.0 Å². The van der Waals surface area contributed by atoms with Crippen LogP contribution in [-0.4, -0.2) is 54.2 Å². The van der Waals surface area contributed by atoms with Crippen LogP contribution in [0.2, 0.25) is 0 Å². The third kappa shape index (κ3) is 2.79. The monoisotopic (exact) mass is 249 g/mol. The number of aromatic nitrogens is 1. The molecule has 2 rings (SSSR count). The van der Waals surface area contributed by atoms with Gasteiger partial charge in [0, 0.05) is 33.4 Å². The molecular formula is C13H19N3O2. The molecule has 1 fully saturated rings. The summed E-state index contributed by atoms with van der Waals surface area (Å²) in [5.41, 5.74) is 0.598. The van der Waals surface area contributed by atoms with E-state index in [0.717, 1.165) is 31.7 Å². The Balaban J connectivity index is 2.06. The van der Waals surface area contributed by atoms with Gasteiger partial charge in [0.1, 0.15) is 5.82 Å².